The molecule has 37 heavy (non-hydrogen) atoms. The van der Waals surface area contributed by atoms with Crippen molar-refractivity contribution in [1.29, 1.82) is 0 Å². The number of carbonyl (C=O) groups is 2. The lowest BCUT2D eigenvalue weighted by atomic mass is 10.1. The maximum Gasteiger partial charge on any atom is 0.525 e. The predicted octanol–water partition coefficient (Wildman–Crippen LogP) is 5.68. The summed E-state index contributed by atoms with van der Waals surface area (Å²) in [6, 6.07) is 11.2. The summed E-state index contributed by atoms with van der Waals surface area (Å²) in [7, 11) is 2.13. The second-order valence-electron chi connectivity index (χ2n) is 6.99. The molecule has 3 aromatic rings. The fraction of sp³-hybridized carbons (Fsp3) is 0.227. The van der Waals surface area contributed by atoms with Crippen molar-refractivity contribution in [1.82, 2.24) is 9.78 Å². The maximum atomic E-state index is 13.9. The Kier molecular flexibility index (Phi) is 8.17. The van der Waals surface area contributed by atoms with Crippen LogP contribution in [0.3, 0.4) is 0 Å². The molecule has 0 bridgehead atoms. The molecule has 1 atom stereocenters. The monoisotopic (exact) mass is 596 g/mol. The van der Waals surface area contributed by atoms with E-state index in [4.69, 9.17) is 9.47 Å². The van der Waals surface area contributed by atoms with Crippen molar-refractivity contribution in [2.75, 3.05) is 14.2 Å². The first-order valence-corrected chi connectivity index (χ1v) is 10.7. The van der Waals surface area contributed by atoms with Gasteiger partial charge >= 0.3 is 30.8 Å². The predicted molar refractivity (Wildman–Crippen MR) is 117 cm³/mol. The number of para-hydroxylation sites is 1. The zero-order valence-electron chi connectivity index (χ0n) is 18.7. The molecule has 1 unspecified atom stereocenters. The fourth-order valence-electron chi connectivity index (χ4n) is 3.07. The Labute approximate surface area is 212 Å². The summed E-state index contributed by atoms with van der Waals surface area (Å²) in [4.78, 5) is 25.3. The van der Waals surface area contributed by atoms with Crippen LogP contribution in [0, 0.1) is 0 Å². The second-order valence-corrected chi connectivity index (χ2v) is 7.85. The number of hydrogen-bond donors (Lipinski definition) is 0. The van der Waals surface area contributed by atoms with Crippen molar-refractivity contribution < 1.29 is 54.9 Å². The highest BCUT2D eigenvalue weighted by Gasteiger charge is 2.51. The van der Waals surface area contributed by atoms with Crippen LogP contribution in [0.4, 0.5) is 26.3 Å². The Morgan fingerprint density at radius 1 is 0.973 bits per heavy atom. The maximum absolute atomic E-state index is 13.9. The highest BCUT2D eigenvalue weighted by atomic mass is 79.9. The summed E-state index contributed by atoms with van der Waals surface area (Å²) in [5, 5.41) is 4.30. The molecule has 3 rings (SSSR count). The number of ether oxygens (including phenoxy) is 4. The van der Waals surface area contributed by atoms with Gasteiger partial charge in [0.25, 0.3) is 0 Å². The van der Waals surface area contributed by atoms with E-state index in [-0.39, 0.29) is 27.0 Å². The summed E-state index contributed by atoms with van der Waals surface area (Å²) in [5.74, 6) is -2.69. The summed E-state index contributed by atoms with van der Waals surface area (Å²) >= 11 is 2.91. The van der Waals surface area contributed by atoms with Gasteiger partial charge in [0.05, 0.1) is 24.4 Å². The standard InChI is InChI=1S/C22H15BrF6N2O6/c1-34-18(32)15-16(30-31(17(15)19(33)35-2)12-6-4-3-5-7-12)11-8-9-14(13(23)10-11)36-21(25,26)20(24)37-22(27,28)29/h3-10,20H,1-2H3. The van der Waals surface area contributed by atoms with Gasteiger partial charge in [-0.15, -0.1) is 13.2 Å². The molecule has 0 saturated heterocycles. The van der Waals surface area contributed by atoms with Gasteiger partial charge in [0.2, 0.25) is 0 Å². The molecule has 8 nitrogen and oxygen atoms in total. The highest BCUT2D eigenvalue weighted by molar-refractivity contribution is 9.10. The van der Waals surface area contributed by atoms with Crippen molar-refractivity contribution in [2.45, 2.75) is 18.8 Å². The summed E-state index contributed by atoms with van der Waals surface area (Å²) in [5.41, 5.74) is -0.351. The molecular weight excluding hydrogens is 582 g/mol. The van der Waals surface area contributed by atoms with E-state index < -0.39 is 36.5 Å². The van der Waals surface area contributed by atoms with Crippen LogP contribution in [-0.2, 0) is 14.2 Å². The number of aromatic nitrogens is 2. The normalized spacial score (nSPS) is 12.7. The van der Waals surface area contributed by atoms with Crippen molar-refractivity contribution in [3.63, 3.8) is 0 Å². The second kappa shape index (κ2) is 10.8. The van der Waals surface area contributed by atoms with E-state index in [2.05, 4.69) is 30.5 Å². The van der Waals surface area contributed by atoms with Crippen LogP contribution in [0.15, 0.2) is 53.0 Å². The number of carbonyl (C=O) groups excluding carboxylic acids is 2. The topological polar surface area (TPSA) is 88.9 Å². The first-order chi connectivity index (χ1) is 17.3. The first-order valence-electron chi connectivity index (χ1n) is 9.89. The number of halogens is 7. The average molecular weight is 597 g/mol. The molecule has 0 aliphatic carbocycles. The Hall–Kier alpha value is -3.59. The van der Waals surface area contributed by atoms with Gasteiger partial charge < -0.3 is 14.2 Å². The Bertz CT molecular complexity index is 1300. The third-order valence-electron chi connectivity index (χ3n) is 4.61. The van der Waals surface area contributed by atoms with Crippen molar-refractivity contribution in [3.05, 3.63) is 64.3 Å². The highest BCUT2D eigenvalue weighted by Crippen LogP contribution is 2.38. The summed E-state index contributed by atoms with van der Waals surface area (Å²) in [6.07, 6.45) is -14.9. The van der Waals surface area contributed by atoms with E-state index in [0.717, 1.165) is 37.1 Å². The van der Waals surface area contributed by atoms with Crippen LogP contribution >= 0.6 is 15.9 Å². The number of alkyl halides is 6. The molecule has 15 heteroatoms. The SMILES string of the molecule is COC(=O)c1c(-c2ccc(OC(F)(F)C(F)OC(F)(F)F)c(Br)c2)nn(-c2ccccc2)c1C(=O)OC. The minimum Gasteiger partial charge on any atom is -0.465 e. The smallest absolute Gasteiger partial charge is 0.465 e. The number of benzene rings is 2. The molecular formula is C22H15BrF6N2O6. The number of nitrogens with zero attached hydrogens (tertiary/aromatic N) is 2. The van der Waals surface area contributed by atoms with Crippen LogP contribution in [-0.4, -0.2) is 54.8 Å². The molecule has 0 fully saturated rings. The molecule has 0 amide bonds. The number of esters is 2. The molecule has 0 spiro atoms. The lowest BCUT2D eigenvalue weighted by Gasteiger charge is -2.22. The number of methoxy groups -OCH3 is 2. The molecule has 0 aliphatic heterocycles. The van der Waals surface area contributed by atoms with E-state index in [1.165, 1.54) is 0 Å². The third-order valence-corrected chi connectivity index (χ3v) is 5.23. The lowest BCUT2D eigenvalue weighted by Crippen LogP contribution is -2.41. The number of rotatable bonds is 8. The van der Waals surface area contributed by atoms with Gasteiger partial charge in [-0.25, -0.2) is 23.4 Å². The zero-order chi connectivity index (χ0) is 27.5. The van der Waals surface area contributed by atoms with Crippen LogP contribution in [0.5, 0.6) is 5.75 Å². The van der Waals surface area contributed by atoms with Gasteiger partial charge in [-0.3, -0.25) is 0 Å². The van der Waals surface area contributed by atoms with Gasteiger partial charge in [-0.2, -0.15) is 13.9 Å². The summed E-state index contributed by atoms with van der Waals surface area (Å²) in [6.45, 7) is 0. The van der Waals surface area contributed by atoms with Crippen LogP contribution < -0.4 is 4.74 Å². The quantitative estimate of drug-likeness (QED) is 0.244. The molecule has 2 aromatic carbocycles. The molecule has 0 radical (unpaired) electrons. The van der Waals surface area contributed by atoms with E-state index in [9.17, 15) is 35.9 Å². The Morgan fingerprint density at radius 3 is 2.14 bits per heavy atom. The molecule has 0 saturated carbocycles. The Balaban J connectivity index is 2.10. The van der Waals surface area contributed by atoms with E-state index in [1.54, 1.807) is 30.3 Å². The van der Waals surface area contributed by atoms with Crippen molar-refractivity contribution >= 4 is 27.9 Å². The largest absolute Gasteiger partial charge is 0.525 e. The fourth-order valence-corrected chi connectivity index (χ4v) is 3.53. The molecule has 0 N–H and O–H groups in total. The minimum atomic E-state index is -5.67. The van der Waals surface area contributed by atoms with Gasteiger partial charge in [-0.1, -0.05) is 18.2 Å². The molecule has 1 heterocycles. The first kappa shape index (κ1) is 28.0. The van der Waals surface area contributed by atoms with E-state index in [1.807, 2.05) is 0 Å². The van der Waals surface area contributed by atoms with Gasteiger partial charge in [0.1, 0.15) is 17.0 Å². The van der Waals surface area contributed by atoms with Gasteiger partial charge in [0, 0.05) is 5.56 Å². The third kappa shape index (κ3) is 6.22. The van der Waals surface area contributed by atoms with Crippen LogP contribution in [0.1, 0.15) is 20.8 Å². The number of hydrogen-bond acceptors (Lipinski definition) is 7. The summed E-state index contributed by atoms with van der Waals surface area (Å²) < 4.78 is 94.7. The minimum absolute atomic E-state index is 0.0612. The van der Waals surface area contributed by atoms with E-state index >= 15 is 0 Å². The molecule has 0 aliphatic rings. The van der Waals surface area contributed by atoms with Crippen molar-refractivity contribution in [2.24, 2.45) is 0 Å². The molecule has 198 valence electrons. The van der Waals surface area contributed by atoms with Crippen molar-refractivity contribution in [3.8, 4) is 22.7 Å². The molecule has 1 aromatic heterocycles. The average Bonchev–Trinajstić information content (AvgIpc) is 3.24. The van der Waals surface area contributed by atoms with E-state index in [0.29, 0.717) is 5.69 Å². The van der Waals surface area contributed by atoms with Crippen LogP contribution in [0.25, 0.3) is 16.9 Å². The zero-order valence-corrected chi connectivity index (χ0v) is 20.3. The van der Waals surface area contributed by atoms with Gasteiger partial charge in [0.15, 0.2) is 5.69 Å². The lowest BCUT2D eigenvalue weighted by molar-refractivity contribution is -0.411. The van der Waals surface area contributed by atoms with Crippen LogP contribution in [0.2, 0.25) is 0 Å². The Morgan fingerprint density at radius 2 is 1.59 bits per heavy atom. The van der Waals surface area contributed by atoms with Gasteiger partial charge in [-0.05, 0) is 46.3 Å².